The van der Waals surface area contributed by atoms with Crippen molar-refractivity contribution in [1.82, 2.24) is 9.55 Å². The number of nitrogens with zero attached hydrogens (tertiary/aromatic N) is 3. The molecule has 0 radical (unpaired) electrons. The van der Waals surface area contributed by atoms with Crippen molar-refractivity contribution in [3.63, 3.8) is 0 Å². The Morgan fingerprint density at radius 2 is 2.32 bits per heavy atom. The zero-order chi connectivity index (χ0) is 13.5. The molecular weight excluding hydrogens is 240 g/mol. The molecule has 98 valence electrons. The molecule has 0 bridgehead atoms. The Labute approximate surface area is 111 Å². The first-order valence-electron chi connectivity index (χ1n) is 6.38. The van der Waals surface area contributed by atoms with Crippen LogP contribution in [0.1, 0.15) is 24.8 Å². The highest BCUT2D eigenvalue weighted by molar-refractivity contribution is 5.79. The maximum atomic E-state index is 9.00. The van der Waals surface area contributed by atoms with E-state index in [4.69, 9.17) is 15.7 Å². The number of nitriles is 1. The summed E-state index contributed by atoms with van der Waals surface area (Å²) in [5.74, 6) is 0.480. The second-order valence-corrected chi connectivity index (χ2v) is 5.11. The average Bonchev–Trinajstić information content (AvgIpc) is 2.69. The van der Waals surface area contributed by atoms with Crippen molar-refractivity contribution in [2.45, 2.75) is 31.4 Å². The molecule has 5 nitrogen and oxygen atoms in total. The fraction of sp³-hybridized carbons (Fsp3) is 0.429. The van der Waals surface area contributed by atoms with Gasteiger partial charge in [-0.05, 0) is 37.5 Å². The molecule has 1 aliphatic carbocycles. The standard InChI is InChI=1S/C14H16N4O/c1-19-14(5-2-6-14)9-18-12-7-10(8-15)3-4-11(12)17-13(18)16/h3-4,7H,2,5-6,9H2,1H3,(H2,16,17). The van der Waals surface area contributed by atoms with Crippen molar-refractivity contribution >= 4 is 17.0 Å². The normalized spacial score (nSPS) is 17.1. The highest BCUT2D eigenvalue weighted by atomic mass is 16.5. The zero-order valence-corrected chi connectivity index (χ0v) is 10.9. The van der Waals surface area contributed by atoms with Gasteiger partial charge < -0.3 is 15.0 Å². The van der Waals surface area contributed by atoms with Crippen LogP contribution in [0.15, 0.2) is 18.2 Å². The lowest BCUT2D eigenvalue weighted by Gasteiger charge is -2.40. The van der Waals surface area contributed by atoms with Crippen molar-refractivity contribution in [3.8, 4) is 6.07 Å². The smallest absolute Gasteiger partial charge is 0.201 e. The number of rotatable bonds is 3. The lowest BCUT2D eigenvalue weighted by molar-refractivity contribution is -0.0824. The van der Waals surface area contributed by atoms with E-state index in [0.717, 1.165) is 23.9 Å². The molecule has 1 heterocycles. The van der Waals surface area contributed by atoms with Gasteiger partial charge in [0, 0.05) is 7.11 Å². The summed E-state index contributed by atoms with van der Waals surface area (Å²) >= 11 is 0. The molecule has 2 aromatic rings. The molecule has 0 aliphatic heterocycles. The van der Waals surface area contributed by atoms with E-state index >= 15 is 0 Å². The van der Waals surface area contributed by atoms with Crippen molar-refractivity contribution < 1.29 is 4.74 Å². The van der Waals surface area contributed by atoms with Gasteiger partial charge in [-0.1, -0.05) is 0 Å². The lowest BCUT2D eigenvalue weighted by Crippen LogP contribution is -2.43. The van der Waals surface area contributed by atoms with E-state index in [1.165, 1.54) is 6.42 Å². The second-order valence-electron chi connectivity index (χ2n) is 5.11. The third-order valence-electron chi connectivity index (χ3n) is 4.05. The van der Waals surface area contributed by atoms with E-state index in [0.29, 0.717) is 18.1 Å². The van der Waals surface area contributed by atoms with E-state index in [9.17, 15) is 0 Å². The fourth-order valence-electron chi connectivity index (χ4n) is 2.66. The summed E-state index contributed by atoms with van der Waals surface area (Å²) < 4.78 is 7.60. The van der Waals surface area contributed by atoms with Crippen LogP contribution in [0.3, 0.4) is 0 Å². The van der Waals surface area contributed by atoms with Gasteiger partial charge in [-0.2, -0.15) is 5.26 Å². The van der Waals surface area contributed by atoms with Crippen LogP contribution in [-0.2, 0) is 11.3 Å². The van der Waals surface area contributed by atoms with Gasteiger partial charge >= 0.3 is 0 Å². The topological polar surface area (TPSA) is 76.9 Å². The first-order chi connectivity index (χ1) is 9.17. The Bertz CT molecular complexity index is 658. The van der Waals surface area contributed by atoms with E-state index in [1.54, 1.807) is 13.2 Å². The predicted molar refractivity (Wildman–Crippen MR) is 72.5 cm³/mol. The van der Waals surface area contributed by atoms with Crippen LogP contribution in [-0.4, -0.2) is 22.3 Å². The van der Waals surface area contributed by atoms with Gasteiger partial charge in [0.05, 0.1) is 34.8 Å². The van der Waals surface area contributed by atoms with Gasteiger partial charge in [-0.25, -0.2) is 4.98 Å². The minimum absolute atomic E-state index is 0.121. The van der Waals surface area contributed by atoms with Gasteiger partial charge in [0.2, 0.25) is 5.95 Å². The summed E-state index contributed by atoms with van der Waals surface area (Å²) in [6.07, 6.45) is 3.27. The number of benzene rings is 1. The minimum Gasteiger partial charge on any atom is -0.376 e. The Balaban J connectivity index is 2.07. The van der Waals surface area contributed by atoms with Crippen LogP contribution in [0.5, 0.6) is 0 Å². The molecule has 19 heavy (non-hydrogen) atoms. The number of aromatic nitrogens is 2. The highest BCUT2D eigenvalue weighted by Crippen LogP contribution is 2.37. The molecule has 1 saturated carbocycles. The summed E-state index contributed by atoms with van der Waals surface area (Å²) in [7, 11) is 1.75. The predicted octanol–water partition coefficient (Wildman–Crippen LogP) is 2.06. The molecule has 1 aliphatic rings. The number of imidazole rings is 1. The third-order valence-corrected chi connectivity index (χ3v) is 4.05. The second kappa shape index (κ2) is 4.25. The molecule has 2 N–H and O–H groups in total. The molecule has 0 spiro atoms. The molecule has 0 atom stereocenters. The minimum atomic E-state index is -0.121. The zero-order valence-electron chi connectivity index (χ0n) is 10.9. The Morgan fingerprint density at radius 3 is 2.89 bits per heavy atom. The van der Waals surface area contributed by atoms with Crippen LogP contribution >= 0.6 is 0 Å². The summed E-state index contributed by atoms with van der Waals surface area (Å²) in [5, 5.41) is 9.00. The van der Waals surface area contributed by atoms with E-state index in [-0.39, 0.29) is 5.60 Å². The fourth-order valence-corrected chi connectivity index (χ4v) is 2.66. The first kappa shape index (κ1) is 12.0. The molecule has 1 fully saturated rings. The third kappa shape index (κ3) is 1.85. The van der Waals surface area contributed by atoms with Crippen LogP contribution < -0.4 is 5.73 Å². The largest absolute Gasteiger partial charge is 0.376 e. The van der Waals surface area contributed by atoms with E-state index < -0.39 is 0 Å². The number of nitrogen functional groups attached to an aromatic ring is 1. The van der Waals surface area contributed by atoms with Crippen molar-refractivity contribution in [1.29, 1.82) is 5.26 Å². The summed E-state index contributed by atoms with van der Waals surface area (Å²) in [5.41, 5.74) is 8.22. The molecule has 1 aromatic carbocycles. The summed E-state index contributed by atoms with van der Waals surface area (Å²) in [6.45, 7) is 0.695. The molecular formula is C14H16N4O. The van der Waals surface area contributed by atoms with Gasteiger partial charge in [-0.15, -0.1) is 0 Å². The maximum absolute atomic E-state index is 9.00. The summed E-state index contributed by atoms with van der Waals surface area (Å²) in [4.78, 5) is 4.34. The van der Waals surface area contributed by atoms with Gasteiger partial charge in [0.1, 0.15) is 0 Å². The number of hydrogen-bond acceptors (Lipinski definition) is 4. The van der Waals surface area contributed by atoms with Crippen LogP contribution in [0.25, 0.3) is 11.0 Å². The van der Waals surface area contributed by atoms with E-state index in [2.05, 4.69) is 11.1 Å². The molecule has 0 amide bonds. The quantitative estimate of drug-likeness (QED) is 0.911. The Hall–Kier alpha value is -2.06. The number of nitrogens with two attached hydrogens (primary N) is 1. The van der Waals surface area contributed by atoms with Crippen molar-refractivity contribution in [2.75, 3.05) is 12.8 Å². The van der Waals surface area contributed by atoms with Crippen LogP contribution in [0.4, 0.5) is 5.95 Å². The van der Waals surface area contributed by atoms with Crippen molar-refractivity contribution in [3.05, 3.63) is 23.8 Å². The van der Waals surface area contributed by atoms with Crippen LogP contribution in [0.2, 0.25) is 0 Å². The van der Waals surface area contributed by atoms with Crippen LogP contribution in [0, 0.1) is 11.3 Å². The maximum Gasteiger partial charge on any atom is 0.201 e. The Morgan fingerprint density at radius 1 is 1.53 bits per heavy atom. The molecule has 0 unspecified atom stereocenters. The average molecular weight is 256 g/mol. The number of anilines is 1. The lowest BCUT2D eigenvalue weighted by atomic mass is 9.80. The number of methoxy groups -OCH3 is 1. The molecule has 5 heteroatoms. The highest BCUT2D eigenvalue weighted by Gasteiger charge is 2.38. The molecule has 0 saturated heterocycles. The molecule has 3 rings (SSSR count). The van der Waals surface area contributed by atoms with Gasteiger partial charge in [0.25, 0.3) is 0 Å². The summed E-state index contributed by atoms with van der Waals surface area (Å²) in [6, 6.07) is 7.57. The first-order valence-corrected chi connectivity index (χ1v) is 6.38. The van der Waals surface area contributed by atoms with E-state index in [1.807, 2.05) is 16.7 Å². The van der Waals surface area contributed by atoms with Crippen molar-refractivity contribution in [2.24, 2.45) is 0 Å². The number of hydrogen-bond donors (Lipinski definition) is 1. The molecule has 1 aromatic heterocycles. The van der Waals surface area contributed by atoms with Gasteiger partial charge in [-0.3, -0.25) is 0 Å². The number of ether oxygens (including phenoxy) is 1. The number of fused-ring (bicyclic) bond motifs is 1. The van der Waals surface area contributed by atoms with Gasteiger partial charge in [0.15, 0.2) is 0 Å². The SMILES string of the molecule is COC1(Cn2c(N)nc3ccc(C#N)cc32)CCC1. The Kier molecular flexibility index (Phi) is 2.68. The monoisotopic (exact) mass is 256 g/mol.